The average Bonchev–Trinajstić information content (AvgIpc) is 3.31. The molecule has 2 amide bonds. The summed E-state index contributed by atoms with van der Waals surface area (Å²) in [6.07, 6.45) is 4.12. The monoisotopic (exact) mass is 445 g/mol. The van der Waals surface area contributed by atoms with E-state index in [-0.39, 0.29) is 30.2 Å². The molecular weight excluding hydrogens is 421 g/mol. The summed E-state index contributed by atoms with van der Waals surface area (Å²) in [5.41, 5.74) is 2.82. The van der Waals surface area contributed by atoms with E-state index >= 15 is 0 Å². The van der Waals surface area contributed by atoms with Gasteiger partial charge in [0.1, 0.15) is 17.3 Å². The van der Waals surface area contributed by atoms with Gasteiger partial charge in [0.15, 0.2) is 5.82 Å². The minimum absolute atomic E-state index is 0.0522. The second-order valence-electron chi connectivity index (χ2n) is 8.45. The Kier molecular flexibility index (Phi) is 5.58. The molecule has 5 rings (SSSR count). The van der Waals surface area contributed by atoms with Crippen LogP contribution in [0.15, 0.2) is 48.7 Å². The first-order chi connectivity index (χ1) is 16.0. The van der Waals surface area contributed by atoms with Gasteiger partial charge in [-0.3, -0.25) is 19.5 Å². The van der Waals surface area contributed by atoms with Gasteiger partial charge in [-0.1, -0.05) is 18.2 Å². The number of nitrogens with zero attached hydrogens (tertiary/aromatic N) is 5. The summed E-state index contributed by atoms with van der Waals surface area (Å²) >= 11 is 0. The Bertz CT molecular complexity index is 1220. The van der Waals surface area contributed by atoms with E-state index in [4.69, 9.17) is 9.97 Å². The lowest BCUT2D eigenvalue weighted by molar-refractivity contribution is -0.119. The number of benzene rings is 1. The Morgan fingerprint density at radius 1 is 1.15 bits per heavy atom. The Hall–Kier alpha value is -3.68. The molecule has 0 N–H and O–H groups in total. The van der Waals surface area contributed by atoms with Crippen LogP contribution in [0.1, 0.15) is 58.4 Å². The maximum absolute atomic E-state index is 13.7. The number of amides is 2. The normalized spacial score (nSPS) is 17.9. The molecule has 4 heterocycles. The number of halogens is 1. The topological polar surface area (TPSA) is 79.3 Å². The van der Waals surface area contributed by atoms with E-state index in [9.17, 15) is 14.0 Å². The number of pyridine rings is 1. The number of hydrogen-bond acceptors (Lipinski definition) is 5. The van der Waals surface area contributed by atoms with E-state index in [0.29, 0.717) is 42.3 Å². The average molecular weight is 445 g/mol. The lowest BCUT2D eigenvalue weighted by Gasteiger charge is -2.31. The van der Waals surface area contributed by atoms with Gasteiger partial charge in [-0.15, -0.1) is 0 Å². The molecule has 1 fully saturated rings. The third kappa shape index (κ3) is 4.08. The molecule has 8 heteroatoms. The number of hydrogen-bond donors (Lipinski definition) is 0. The summed E-state index contributed by atoms with van der Waals surface area (Å²) < 4.78 is 13.7. The maximum Gasteiger partial charge on any atom is 0.273 e. The fourth-order valence-corrected chi connectivity index (χ4v) is 4.65. The molecule has 0 radical (unpaired) electrons. The predicted molar refractivity (Wildman–Crippen MR) is 120 cm³/mol. The summed E-state index contributed by atoms with van der Waals surface area (Å²) in [5.74, 6) is 0.557. The first-order valence-electron chi connectivity index (χ1n) is 11.2. The SMILES string of the molecule is Cc1nc(C2CCCN2C(=O)c2ccccn2)nc2c1CCC(=O)N2Cc1cccc(F)c1. The number of likely N-dealkylation sites (tertiary alicyclic amines) is 1. The van der Waals surface area contributed by atoms with Gasteiger partial charge in [0.05, 0.1) is 12.6 Å². The van der Waals surface area contributed by atoms with Gasteiger partial charge in [0.25, 0.3) is 5.91 Å². The zero-order chi connectivity index (χ0) is 22.9. The first-order valence-corrected chi connectivity index (χ1v) is 11.2. The van der Waals surface area contributed by atoms with Crippen LogP contribution in [0.25, 0.3) is 0 Å². The Labute approximate surface area is 191 Å². The van der Waals surface area contributed by atoms with E-state index in [1.165, 1.54) is 12.1 Å². The third-order valence-corrected chi connectivity index (χ3v) is 6.28. The van der Waals surface area contributed by atoms with Crippen molar-refractivity contribution in [2.45, 2.75) is 45.2 Å². The number of carbonyl (C=O) groups excluding carboxylic acids is 2. The van der Waals surface area contributed by atoms with Gasteiger partial charge >= 0.3 is 0 Å². The van der Waals surface area contributed by atoms with Crippen LogP contribution in [0.2, 0.25) is 0 Å². The second-order valence-corrected chi connectivity index (χ2v) is 8.45. The molecule has 0 spiro atoms. The fraction of sp³-hybridized carbons (Fsp3) is 0.320. The Balaban J connectivity index is 1.50. The highest BCUT2D eigenvalue weighted by Gasteiger charge is 2.35. The van der Waals surface area contributed by atoms with Crippen LogP contribution in [-0.4, -0.2) is 38.2 Å². The molecule has 33 heavy (non-hydrogen) atoms. The van der Waals surface area contributed by atoms with Crippen LogP contribution in [0.5, 0.6) is 0 Å². The molecule has 7 nitrogen and oxygen atoms in total. The zero-order valence-corrected chi connectivity index (χ0v) is 18.4. The van der Waals surface area contributed by atoms with Gasteiger partial charge in [-0.25, -0.2) is 14.4 Å². The smallest absolute Gasteiger partial charge is 0.273 e. The van der Waals surface area contributed by atoms with E-state index in [2.05, 4.69) is 4.98 Å². The van der Waals surface area contributed by atoms with Gasteiger partial charge in [0.2, 0.25) is 5.91 Å². The standard InChI is InChI=1S/C25H24FN5O2/c1-16-19-10-11-22(32)31(15-17-6-4-7-18(26)14-17)24(19)29-23(28-16)21-9-5-13-30(21)25(33)20-8-2-3-12-27-20/h2-4,6-8,12,14,21H,5,9-11,13,15H2,1H3. The summed E-state index contributed by atoms with van der Waals surface area (Å²) in [7, 11) is 0. The molecule has 0 bridgehead atoms. The van der Waals surface area contributed by atoms with Gasteiger partial charge < -0.3 is 4.90 Å². The molecule has 0 aliphatic carbocycles. The summed E-state index contributed by atoms with van der Waals surface area (Å²) in [6, 6.07) is 11.2. The molecule has 2 aliphatic rings. The number of aryl methyl sites for hydroxylation is 1. The van der Waals surface area contributed by atoms with Crippen molar-refractivity contribution >= 4 is 17.6 Å². The summed E-state index contributed by atoms with van der Waals surface area (Å²) in [4.78, 5) is 43.1. The molecule has 1 aromatic carbocycles. The maximum atomic E-state index is 13.7. The van der Waals surface area contributed by atoms with Crippen LogP contribution in [0, 0.1) is 12.7 Å². The predicted octanol–water partition coefficient (Wildman–Crippen LogP) is 3.78. The van der Waals surface area contributed by atoms with Crippen LogP contribution < -0.4 is 4.90 Å². The van der Waals surface area contributed by atoms with E-state index < -0.39 is 0 Å². The highest BCUT2D eigenvalue weighted by Crippen LogP contribution is 2.35. The van der Waals surface area contributed by atoms with Crippen LogP contribution in [0.4, 0.5) is 10.2 Å². The van der Waals surface area contributed by atoms with Gasteiger partial charge in [-0.05, 0) is 56.0 Å². The minimum atomic E-state index is -0.341. The molecular formula is C25H24FN5O2. The van der Waals surface area contributed by atoms with E-state index in [1.54, 1.807) is 46.3 Å². The van der Waals surface area contributed by atoms with Crippen molar-refractivity contribution in [2.24, 2.45) is 0 Å². The lowest BCUT2D eigenvalue weighted by atomic mass is 10.0. The van der Waals surface area contributed by atoms with Crippen molar-refractivity contribution in [1.82, 2.24) is 19.9 Å². The molecule has 1 saturated heterocycles. The molecule has 2 aliphatic heterocycles. The highest BCUT2D eigenvalue weighted by atomic mass is 19.1. The van der Waals surface area contributed by atoms with Crippen molar-refractivity contribution in [1.29, 1.82) is 0 Å². The van der Waals surface area contributed by atoms with E-state index in [1.807, 2.05) is 6.92 Å². The molecule has 1 unspecified atom stereocenters. The molecule has 0 saturated carbocycles. The number of carbonyl (C=O) groups is 2. The summed E-state index contributed by atoms with van der Waals surface area (Å²) in [6.45, 7) is 2.76. The van der Waals surface area contributed by atoms with Crippen LogP contribution in [0.3, 0.4) is 0 Å². The minimum Gasteiger partial charge on any atom is -0.327 e. The van der Waals surface area contributed by atoms with E-state index in [0.717, 1.165) is 24.1 Å². The molecule has 3 aromatic rings. The molecule has 1 atom stereocenters. The van der Waals surface area contributed by atoms with Crippen molar-refractivity contribution < 1.29 is 14.0 Å². The van der Waals surface area contributed by atoms with Crippen LogP contribution in [-0.2, 0) is 17.8 Å². The number of aromatic nitrogens is 3. The number of rotatable bonds is 4. The Morgan fingerprint density at radius 2 is 2.03 bits per heavy atom. The number of fused-ring (bicyclic) bond motifs is 1. The molecule has 168 valence electrons. The Morgan fingerprint density at radius 3 is 2.82 bits per heavy atom. The first kappa shape index (κ1) is 21.2. The molecule has 2 aromatic heterocycles. The van der Waals surface area contributed by atoms with Crippen molar-refractivity contribution in [2.75, 3.05) is 11.4 Å². The largest absolute Gasteiger partial charge is 0.327 e. The number of anilines is 1. The zero-order valence-electron chi connectivity index (χ0n) is 18.4. The van der Waals surface area contributed by atoms with Crippen molar-refractivity contribution in [3.63, 3.8) is 0 Å². The second kappa shape index (κ2) is 8.69. The van der Waals surface area contributed by atoms with Crippen molar-refractivity contribution in [3.05, 3.63) is 82.8 Å². The van der Waals surface area contributed by atoms with Crippen molar-refractivity contribution in [3.8, 4) is 0 Å². The fourth-order valence-electron chi connectivity index (χ4n) is 4.65. The van der Waals surface area contributed by atoms with Gasteiger partial charge in [-0.2, -0.15) is 0 Å². The highest BCUT2D eigenvalue weighted by molar-refractivity contribution is 5.95. The van der Waals surface area contributed by atoms with Gasteiger partial charge in [0, 0.05) is 30.4 Å². The summed E-state index contributed by atoms with van der Waals surface area (Å²) in [5, 5.41) is 0. The quantitative estimate of drug-likeness (QED) is 0.611. The third-order valence-electron chi connectivity index (χ3n) is 6.28. The van der Waals surface area contributed by atoms with Crippen LogP contribution >= 0.6 is 0 Å². The lowest BCUT2D eigenvalue weighted by Crippen LogP contribution is -2.37.